The Hall–Kier alpha value is -0.620. The Labute approximate surface area is 43.5 Å². The van der Waals surface area contributed by atoms with Crippen LogP contribution in [0.1, 0.15) is 20.8 Å². The van der Waals surface area contributed by atoms with Crippen molar-refractivity contribution >= 4 is 6.15 Å². The smallest absolute Gasteiger partial charge is 0.186 e. The van der Waals surface area contributed by atoms with E-state index in [4.69, 9.17) is 9.59 Å². The highest BCUT2D eigenvalue weighted by atomic mass is 16.2. The summed E-state index contributed by atoms with van der Waals surface area (Å²) in [6.07, 6.45) is 0.250. The van der Waals surface area contributed by atoms with Gasteiger partial charge in [0.1, 0.15) is 0 Å². The van der Waals surface area contributed by atoms with Crippen molar-refractivity contribution in [1.29, 1.82) is 0 Å². The fourth-order valence-corrected chi connectivity index (χ4v) is 0. The van der Waals surface area contributed by atoms with Gasteiger partial charge in [-0.25, -0.2) is 0 Å². The van der Waals surface area contributed by atoms with Gasteiger partial charge < -0.3 is 0 Å². The van der Waals surface area contributed by atoms with E-state index >= 15 is 0 Å². The van der Waals surface area contributed by atoms with Crippen molar-refractivity contribution in [3.8, 4) is 0 Å². The van der Waals surface area contributed by atoms with E-state index in [0.29, 0.717) is 0 Å². The average molecular weight is 102 g/mol. The molecule has 0 N–H and O–H groups in total. The van der Waals surface area contributed by atoms with Crippen molar-refractivity contribution in [3.63, 3.8) is 0 Å². The maximum atomic E-state index is 8.12. The number of carbonyl (C=O) groups excluding carboxylic acids is 2. The predicted octanol–water partition coefficient (Wildman–Crippen LogP) is 1.08. The van der Waals surface area contributed by atoms with E-state index in [0.717, 1.165) is 5.92 Å². The van der Waals surface area contributed by atoms with Crippen LogP contribution in [0.15, 0.2) is 0 Å². The molecule has 0 unspecified atom stereocenters. The second-order valence-electron chi connectivity index (χ2n) is 1.82. The summed E-state index contributed by atoms with van der Waals surface area (Å²) in [5, 5.41) is 0. The van der Waals surface area contributed by atoms with E-state index < -0.39 is 0 Å². The summed E-state index contributed by atoms with van der Waals surface area (Å²) in [6, 6.07) is 0. The van der Waals surface area contributed by atoms with Crippen LogP contribution in [0.4, 0.5) is 0 Å². The highest BCUT2D eigenvalue weighted by Crippen LogP contribution is 1.81. The topological polar surface area (TPSA) is 34.1 Å². The molecular formula is C5H10O2. The van der Waals surface area contributed by atoms with Crippen molar-refractivity contribution in [1.82, 2.24) is 0 Å². The van der Waals surface area contributed by atoms with Gasteiger partial charge in [-0.15, -0.1) is 0 Å². The maximum Gasteiger partial charge on any atom is 0.373 e. The predicted molar refractivity (Wildman–Crippen MR) is 25.5 cm³/mol. The molecule has 0 heterocycles. The van der Waals surface area contributed by atoms with Crippen molar-refractivity contribution < 1.29 is 9.59 Å². The summed E-state index contributed by atoms with van der Waals surface area (Å²) in [5.41, 5.74) is 0. The molecule has 0 saturated carbocycles. The van der Waals surface area contributed by atoms with Gasteiger partial charge in [-0.05, 0) is 5.92 Å². The lowest BCUT2D eigenvalue weighted by Gasteiger charge is -1.79. The molecule has 0 saturated heterocycles. The lowest BCUT2D eigenvalue weighted by Crippen LogP contribution is -1.66. The minimum absolute atomic E-state index is 0.250. The monoisotopic (exact) mass is 102 g/mol. The summed E-state index contributed by atoms with van der Waals surface area (Å²) in [6.45, 7) is 6.50. The highest BCUT2D eigenvalue weighted by Gasteiger charge is 1.68. The third kappa shape index (κ3) is 160. The summed E-state index contributed by atoms with van der Waals surface area (Å²) < 4.78 is 0. The Bertz CT molecular complexity index is 48.3. The lowest BCUT2D eigenvalue weighted by atomic mass is 10.3. The molecule has 0 aromatic heterocycles. The first-order valence-electron chi connectivity index (χ1n) is 2.14. The van der Waals surface area contributed by atoms with E-state index in [1.54, 1.807) is 0 Å². The molecule has 0 amide bonds. The molecular weight excluding hydrogens is 92.1 g/mol. The third-order valence-electron chi connectivity index (χ3n) is 0. The van der Waals surface area contributed by atoms with Crippen molar-refractivity contribution in [2.75, 3.05) is 0 Å². The normalized spacial score (nSPS) is 6.29. The van der Waals surface area contributed by atoms with Crippen molar-refractivity contribution in [3.05, 3.63) is 0 Å². The molecule has 2 nitrogen and oxygen atoms in total. The molecule has 0 radical (unpaired) electrons. The largest absolute Gasteiger partial charge is 0.373 e. The van der Waals surface area contributed by atoms with Crippen molar-refractivity contribution in [2.45, 2.75) is 20.8 Å². The Kier molecular flexibility index (Phi) is 12.4. The van der Waals surface area contributed by atoms with Gasteiger partial charge >= 0.3 is 6.15 Å². The van der Waals surface area contributed by atoms with Gasteiger partial charge in [0.25, 0.3) is 0 Å². The Morgan fingerprint density at radius 1 is 1.14 bits per heavy atom. The second-order valence-corrected chi connectivity index (χ2v) is 1.82. The van der Waals surface area contributed by atoms with E-state index in [1.165, 1.54) is 0 Å². The van der Waals surface area contributed by atoms with Crippen LogP contribution >= 0.6 is 0 Å². The van der Waals surface area contributed by atoms with Crippen LogP contribution in [-0.4, -0.2) is 6.15 Å². The zero-order valence-electron chi connectivity index (χ0n) is 4.89. The highest BCUT2D eigenvalue weighted by molar-refractivity contribution is 5.20. The average Bonchev–Trinajstić information content (AvgIpc) is 1.33. The van der Waals surface area contributed by atoms with Crippen LogP contribution in [0.5, 0.6) is 0 Å². The zero-order chi connectivity index (χ0) is 6.28. The van der Waals surface area contributed by atoms with Crippen LogP contribution < -0.4 is 0 Å². The molecule has 0 aliphatic rings. The fraction of sp³-hybridized carbons (Fsp3) is 0.800. The minimum atomic E-state index is 0.250. The van der Waals surface area contributed by atoms with Gasteiger partial charge in [-0.1, -0.05) is 20.8 Å². The third-order valence-corrected chi connectivity index (χ3v) is 0. The first-order valence-corrected chi connectivity index (χ1v) is 2.14. The van der Waals surface area contributed by atoms with E-state index in [1.807, 2.05) is 0 Å². The van der Waals surface area contributed by atoms with Crippen molar-refractivity contribution in [2.24, 2.45) is 5.92 Å². The van der Waals surface area contributed by atoms with Crippen LogP contribution in [0.25, 0.3) is 0 Å². The number of hydrogen-bond donors (Lipinski definition) is 0. The molecule has 0 spiro atoms. The number of rotatable bonds is 0. The molecule has 0 bridgehead atoms. The van der Waals surface area contributed by atoms with Crippen LogP contribution in [0.2, 0.25) is 0 Å². The quantitative estimate of drug-likeness (QED) is 0.458. The van der Waals surface area contributed by atoms with Gasteiger partial charge in [-0.3, -0.25) is 0 Å². The summed E-state index contributed by atoms with van der Waals surface area (Å²) in [4.78, 5) is 16.2. The Morgan fingerprint density at radius 2 is 1.14 bits per heavy atom. The van der Waals surface area contributed by atoms with E-state index in [-0.39, 0.29) is 6.15 Å². The van der Waals surface area contributed by atoms with E-state index in [9.17, 15) is 0 Å². The first-order chi connectivity index (χ1) is 3.15. The Balaban J connectivity index is 0. The molecule has 2 heteroatoms. The SMILES string of the molecule is CC(C)C.O=C=O. The summed E-state index contributed by atoms with van der Waals surface area (Å²) >= 11 is 0. The molecule has 0 rings (SSSR count). The fourth-order valence-electron chi connectivity index (χ4n) is 0. The van der Waals surface area contributed by atoms with Gasteiger partial charge in [0.2, 0.25) is 0 Å². The Morgan fingerprint density at radius 3 is 1.14 bits per heavy atom. The minimum Gasteiger partial charge on any atom is -0.186 e. The molecule has 0 aliphatic heterocycles. The standard InChI is InChI=1S/C4H10.CO2/c1-4(2)3;2-1-3/h4H,1-3H3;. The van der Waals surface area contributed by atoms with E-state index in [2.05, 4.69) is 20.8 Å². The molecule has 0 aromatic rings. The molecule has 0 atom stereocenters. The second kappa shape index (κ2) is 9.03. The van der Waals surface area contributed by atoms with Gasteiger partial charge in [0, 0.05) is 0 Å². The summed E-state index contributed by atoms with van der Waals surface area (Å²) in [5.74, 6) is 0.833. The lowest BCUT2D eigenvalue weighted by molar-refractivity contribution is -0.191. The number of hydrogen-bond acceptors (Lipinski definition) is 2. The molecule has 0 aromatic carbocycles. The molecule has 0 aliphatic carbocycles. The van der Waals surface area contributed by atoms with Crippen LogP contribution in [0, 0.1) is 5.92 Å². The van der Waals surface area contributed by atoms with Crippen LogP contribution in [0.3, 0.4) is 0 Å². The van der Waals surface area contributed by atoms with Crippen LogP contribution in [-0.2, 0) is 9.59 Å². The zero-order valence-corrected chi connectivity index (χ0v) is 4.89. The first kappa shape index (κ1) is 9.63. The van der Waals surface area contributed by atoms with Gasteiger partial charge in [0.15, 0.2) is 0 Å². The molecule has 7 heavy (non-hydrogen) atoms. The molecule has 42 valence electrons. The summed E-state index contributed by atoms with van der Waals surface area (Å²) in [7, 11) is 0. The maximum absolute atomic E-state index is 8.12. The van der Waals surface area contributed by atoms with Gasteiger partial charge in [-0.2, -0.15) is 9.59 Å². The van der Waals surface area contributed by atoms with Gasteiger partial charge in [0.05, 0.1) is 0 Å². The molecule has 0 fully saturated rings.